The maximum Gasteiger partial charge on any atom is 0.162 e. The summed E-state index contributed by atoms with van der Waals surface area (Å²) >= 11 is 5.99. The van der Waals surface area contributed by atoms with Gasteiger partial charge in [-0.2, -0.15) is 0 Å². The van der Waals surface area contributed by atoms with Crippen LogP contribution in [0.4, 0.5) is 0 Å². The topological polar surface area (TPSA) is 41.5 Å². The summed E-state index contributed by atoms with van der Waals surface area (Å²) in [6.07, 6.45) is 0. The van der Waals surface area contributed by atoms with Crippen LogP contribution in [-0.4, -0.2) is 18.3 Å². The van der Waals surface area contributed by atoms with Crippen molar-refractivity contribution >= 4 is 11.6 Å². The van der Waals surface area contributed by atoms with Gasteiger partial charge in [-0.25, -0.2) is 0 Å². The molecule has 1 unspecified atom stereocenters. The Labute approximate surface area is 114 Å². The van der Waals surface area contributed by atoms with Crippen LogP contribution in [0.5, 0.6) is 11.5 Å². The van der Waals surface area contributed by atoms with Crippen molar-refractivity contribution in [2.75, 3.05) is 7.11 Å². The molecule has 1 aromatic rings. The van der Waals surface area contributed by atoms with Crippen LogP contribution < -0.4 is 10.1 Å². The van der Waals surface area contributed by atoms with Gasteiger partial charge < -0.3 is 15.2 Å². The van der Waals surface area contributed by atoms with Crippen LogP contribution in [0, 0.1) is 5.41 Å². The van der Waals surface area contributed by atoms with E-state index >= 15 is 0 Å². The molecule has 0 spiro atoms. The van der Waals surface area contributed by atoms with Crippen molar-refractivity contribution in [1.29, 1.82) is 0 Å². The molecule has 18 heavy (non-hydrogen) atoms. The van der Waals surface area contributed by atoms with Gasteiger partial charge in [0.1, 0.15) is 0 Å². The third-order valence-corrected chi connectivity index (χ3v) is 3.45. The van der Waals surface area contributed by atoms with Gasteiger partial charge >= 0.3 is 0 Å². The van der Waals surface area contributed by atoms with Crippen molar-refractivity contribution in [2.45, 2.75) is 40.3 Å². The van der Waals surface area contributed by atoms with E-state index in [1.165, 1.54) is 7.11 Å². The fraction of sp³-hybridized carbons (Fsp3) is 0.571. The Morgan fingerprint density at radius 2 is 2.00 bits per heavy atom. The van der Waals surface area contributed by atoms with Crippen molar-refractivity contribution in [3.8, 4) is 11.5 Å². The van der Waals surface area contributed by atoms with E-state index in [-0.39, 0.29) is 11.2 Å². The summed E-state index contributed by atoms with van der Waals surface area (Å²) in [4.78, 5) is 0. The predicted octanol–water partition coefficient (Wildman–Crippen LogP) is 3.58. The summed E-state index contributed by atoms with van der Waals surface area (Å²) in [7, 11) is 1.51. The van der Waals surface area contributed by atoms with Crippen LogP contribution in [0.25, 0.3) is 0 Å². The minimum Gasteiger partial charge on any atom is -0.504 e. The van der Waals surface area contributed by atoms with Crippen LogP contribution in [0.2, 0.25) is 5.02 Å². The minimum atomic E-state index is 0.149. The second-order valence-corrected chi connectivity index (χ2v) is 6.02. The van der Waals surface area contributed by atoms with Crippen molar-refractivity contribution in [3.05, 3.63) is 22.7 Å². The Morgan fingerprint density at radius 3 is 2.50 bits per heavy atom. The first-order valence-corrected chi connectivity index (χ1v) is 6.42. The van der Waals surface area contributed by atoms with Crippen molar-refractivity contribution < 1.29 is 9.84 Å². The molecule has 102 valence electrons. The molecule has 0 aromatic heterocycles. The molecule has 2 N–H and O–H groups in total. The van der Waals surface area contributed by atoms with Crippen LogP contribution >= 0.6 is 11.6 Å². The molecule has 0 heterocycles. The Hall–Kier alpha value is -0.930. The molecular formula is C14H22ClNO2. The standard InChI is InChI=1S/C14H22ClNO2/c1-9(14(2,3)4)16-8-10-6-11(15)7-12(18-5)13(10)17/h6-7,9,16-17H,8H2,1-5H3. The number of nitrogens with one attached hydrogen (secondary N) is 1. The fourth-order valence-corrected chi connectivity index (χ4v) is 1.72. The van der Waals surface area contributed by atoms with Crippen LogP contribution in [0.1, 0.15) is 33.3 Å². The molecule has 1 atom stereocenters. The summed E-state index contributed by atoms with van der Waals surface area (Å²) in [5.41, 5.74) is 0.911. The van der Waals surface area contributed by atoms with E-state index in [9.17, 15) is 5.11 Å². The first-order valence-electron chi connectivity index (χ1n) is 6.04. The molecule has 0 radical (unpaired) electrons. The second kappa shape index (κ2) is 5.81. The molecule has 0 fully saturated rings. The van der Waals surface area contributed by atoms with E-state index in [1.54, 1.807) is 12.1 Å². The molecule has 0 aliphatic rings. The summed E-state index contributed by atoms with van der Waals surface area (Å²) < 4.78 is 5.08. The highest BCUT2D eigenvalue weighted by Crippen LogP contribution is 2.33. The van der Waals surface area contributed by atoms with Gasteiger partial charge in [0, 0.05) is 29.2 Å². The molecule has 0 aliphatic carbocycles. The van der Waals surface area contributed by atoms with E-state index < -0.39 is 0 Å². The highest BCUT2D eigenvalue weighted by molar-refractivity contribution is 6.30. The molecule has 0 saturated carbocycles. The smallest absolute Gasteiger partial charge is 0.162 e. The maximum atomic E-state index is 10.0. The number of halogens is 1. The molecule has 4 heteroatoms. The largest absolute Gasteiger partial charge is 0.504 e. The number of hydrogen-bond acceptors (Lipinski definition) is 3. The lowest BCUT2D eigenvalue weighted by molar-refractivity contribution is 0.283. The van der Waals surface area contributed by atoms with E-state index in [4.69, 9.17) is 16.3 Å². The van der Waals surface area contributed by atoms with Crippen molar-refractivity contribution in [2.24, 2.45) is 5.41 Å². The van der Waals surface area contributed by atoms with Crippen LogP contribution in [-0.2, 0) is 6.54 Å². The number of aromatic hydroxyl groups is 1. The van der Waals surface area contributed by atoms with Gasteiger partial charge in [0.2, 0.25) is 0 Å². The number of phenolic OH excluding ortho intramolecular Hbond substituents is 1. The first kappa shape index (κ1) is 15.1. The summed E-state index contributed by atoms with van der Waals surface area (Å²) in [6.45, 7) is 9.19. The highest BCUT2D eigenvalue weighted by atomic mass is 35.5. The minimum absolute atomic E-state index is 0.149. The molecule has 0 saturated heterocycles. The third kappa shape index (κ3) is 3.79. The van der Waals surface area contributed by atoms with Gasteiger partial charge in [-0.05, 0) is 18.4 Å². The second-order valence-electron chi connectivity index (χ2n) is 5.58. The number of benzene rings is 1. The average molecular weight is 272 g/mol. The highest BCUT2D eigenvalue weighted by Gasteiger charge is 2.20. The predicted molar refractivity (Wildman–Crippen MR) is 75.4 cm³/mol. The molecule has 1 aromatic carbocycles. The fourth-order valence-electron chi connectivity index (χ4n) is 1.49. The average Bonchev–Trinajstić information content (AvgIpc) is 2.27. The molecule has 0 amide bonds. The van der Waals surface area contributed by atoms with Gasteiger partial charge in [-0.15, -0.1) is 0 Å². The van der Waals surface area contributed by atoms with E-state index in [1.807, 2.05) is 0 Å². The quantitative estimate of drug-likeness (QED) is 0.880. The maximum absolute atomic E-state index is 10.0. The van der Waals surface area contributed by atoms with Crippen LogP contribution in [0.3, 0.4) is 0 Å². The Bertz CT molecular complexity index is 413. The van der Waals surface area contributed by atoms with E-state index in [0.29, 0.717) is 23.4 Å². The summed E-state index contributed by atoms with van der Waals surface area (Å²) in [5.74, 6) is 0.554. The lowest BCUT2D eigenvalue weighted by Crippen LogP contribution is -2.37. The molecule has 1 rings (SSSR count). The van der Waals surface area contributed by atoms with Crippen LogP contribution in [0.15, 0.2) is 12.1 Å². The lowest BCUT2D eigenvalue weighted by atomic mass is 9.88. The van der Waals surface area contributed by atoms with Gasteiger partial charge in [0.05, 0.1) is 7.11 Å². The monoisotopic (exact) mass is 271 g/mol. The van der Waals surface area contributed by atoms with Gasteiger partial charge in [0.25, 0.3) is 0 Å². The van der Waals surface area contributed by atoms with Gasteiger partial charge in [-0.3, -0.25) is 0 Å². The van der Waals surface area contributed by atoms with Crippen molar-refractivity contribution in [3.63, 3.8) is 0 Å². The molecule has 3 nitrogen and oxygen atoms in total. The zero-order valence-electron chi connectivity index (χ0n) is 11.7. The third-order valence-electron chi connectivity index (χ3n) is 3.24. The summed E-state index contributed by atoms with van der Waals surface area (Å²) in [5, 5.41) is 13.9. The SMILES string of the molecule is COc1cc(Cl)cc(CNC(C)C(C)(C)C)c1O. The molecular weight excluding hydrogens is 250 g/mol. The number of hydrogen-bond donors (Lipinski definition) is 2. The Morgan fingerprint density at radius 1 is 1.39 bits per heavy atom. The summed E-state index contributed by atoms with van der Waals surface area (Å²) in [6, 6.07) is 3.68. The van der Waals surface area contributed by atoms with Crippen molar-refractivity contribution in [1.82, 2.24) is 5.32 Å². The lowest BCUT2D eigenvalue weighted by Gasteiger charge is -2.28. The van der Waals surface area contributed by atoms with Gasteiger partial charge in [0.15, 0.2) is 11.5 Å². The zero-order valence-corrected chi connectivity index (χ0v) is 12.4. The van der Waals surface area contributed by atoms with E-state index in [0.717, 1.165) is 5.56 Å². The molecule has 0 aliphatic heterocycles. The molecule has 0 bridgehead atoms. The number of rotatable bonds is 4. The van der Waals surface area contributed by atoms with Gasteiger partial charge in [-0.1, -0.05) is 32.4 Å². The number of phenols is 1. The Balaban J connectivity index is 2.82. The normalized spacial score (nSPS) is 13.4. The van der Waals surface area contributed by atoms with E-state index in [2.05, 4.69) is 33.0 Å². The first-order chi connectivity index (χ1) is 8.25. The Kier molecular flexibility index (Phi) is 4.88. The number of methoxy groups -OCH3 is 1. The zero-order chi connectivity index (χ0) is 13.9. The number of ether oxygens (including phenoxy) is 1.